The number of likely N-dealkylation sites (tertiary alicyclic amines) is 1. The highest BCUT2D eigenvalue weighted by Crippen LogP contribution is 2.47. The van der Waals surface area contributed by atoms with Gasteiger partial charge in [0.25, 0.3) is 5.91 Å². The lowest BCUT2D eigenvalue weighted by molar-refractivity contribution is -0.188. The number of amides is 1. The van der Waals surface area contributed by atoms with Crippen LogP contribution in [0.15, 0.2) is 36.4 Å². The van der Waals surface area contributed by atoms with Crippen LogP contribution in [0, 0.1) is 5.92 Å². The van der Waals surface area contributed by atoms with Crippen LogP contribution in [-0.2, 0) is 20.8 Å². The molecule has 0 aromatic heterocycles. The summed E-state index contributed by atoms with van der Waals surface area (Å²) in [4.78, 5) is 34.0. The Bertz CT molecular complexity index is 1170. The topological polar surface area (TPSA) is 107 Å². The second-order valence-electron chi connectivity index (χ2n) is 10.1. The van der Waals surface area contributed by atoms with Gasteiger partial charge in [-0.2, -0.15) is 0 Å². The molecule has 10 heteroatoms. The third-order valence-corrected chi connectivity index (χ3v) is 7.54. The van der Waals surface area contributed by atoms with Gasteiger partial charge in [-0.25, -0.2) is 5.06 Å². The Morgan fingerprint density at radius 2 is 1.85 bits per heavy atom. The average molecular weight is 557 g/mol. The van der Waals surface area contributed by atoms with Crippen molar-refractivity contribution in [2.75, 3.05) is 47.3 Å². The second kappa shape index (κ2) is 13.7. The highest BCUT2D eigenvalue weighted by Gasteiger charge is 2.47. The number of carbonyl (C=O) groups is 2. The molecule has 2 aliphatic rings. The minimum Gasteiger partial charge on any atom is -0.496 e. The first-order chi connectivity index (χ1) is 19.4. The van der Waals surface area contributed by atoms with E-state index in [0.717, 1.165) is 29.7 Å². The second-order valence-corrected chi connectivity index (χ2v) is 10.1. The minimum atomic E-state index is -0.908. The molecule has 1 amide bonds. The molecule has 40 heavy (non-hydrogen) atoms. The van der Waals surface area contributed by atoms with Crippen LogP contribution < -0.4 is 18.9 Å². The highest BCUT2D eigenvalue weighted by atomic mass is 16.7. The maximum atomic E-state index is 13.4. The first kappa shape index (κ1) is 29.5. The van der Waals surface area contributed by atoms with Crippen molar-refractivity contribution in [3.63, 3.8) is 0 Å². The fourth-order valence-electron chi connectivity index (χ4n) is 5.69. The summed E-state index contributed by atoms with van der Waals surface area (Å²) < 4.78 is 22.3. The van der Waals surface area contributed by atoms with E-state index in [4.69, 9.17) is 23.8 Å². The summed E-state index contributed by atoms with van der Waals surface area (Å²) >= 11 is 0. The fraction of sp³-hybridized carbons (Fsp3) is 0.533. The predicted molar refractivity (Wildman–Crippen MR) is 148 cm³/mol. The number of carboxylic acids is 1. The molecule has 218 valence electrons. The van der Waals surface area contributed by atoms with Gasteiger partial charge >= 0.3 is 5.97 Å². The summed E-state index contributed by atoms with van der Waals surface area (Å²) in [7, 11) is 3.17. The van der Waals surface area contributed by atoms with E-state index in [1.807, 2.05) is 55.1 Å². The van der Waals surface area contributed by atoms with Crippen LogP contribution in [-0.4, -0.2) is 80.2 Å². The molecule has 3 atom stereocenters. The maximum absolute atomic E-state index is 13.4. The van der Waals surface area contributed by atoms with Crippen molar-refractivity contribution in [2.24, 2.45) is 5.92 Å². The minimum absolute atomic E-state index is 0.0578. The monoisotopic (exact) mass is 556 g/mol. The third-order valence-electron chi connectivity index (χ3n) is 7.54. The van der Waals surface area contributed by atoms with Gasteiger partial charge in [-0.3, -0.25) is 19.3 Å². The molecule has 0 spiro atoms. The SMILES string of the molecule is CCCON(CCC)C(=O)CN1C[C@H](c2cc(OC)c3c(c2)OCO3)[C@@H](C(=O)O)[C@@H]1CCc1ccccc1OC. The zero-order valence-corrected chi connectivity index (χ0v) is 23.8. The number of rotatable bonds is 14. The molecule has 2 aromatic carbocycles. The van der Waals surface area contributed by atoms with Crippen LogP contribution in [0.4, 0.5) is 0 Å². The number of fused-ring (bicyclic) bond motifs is 1. The molecule has 0 aliphatic carbocycles. The van der Waals surface area contributed by atoms with Crippen molar-refractivity contribution in [3.05, 3.63) is 47.5 Å². The quantitative estimate of drug-likeness (QED) is 0.344. The van der Waals surface area contributed by atoms with Crippen LogP contribution in [0.25, 0.3) is 0 Å². The van der Waals surface area contributed by atoms with Crippen molar-refractivity contribution in [3.8, 4) is 23.0 Å². The summed E-state index contributed by atoms with van der Waals surface area (Å²) in [5.41, 5.74) is 1.77. The van der Waals surface area contributed by atoms with E-state index < -0.39 is 23.8 Å². The number of para-hydroxylation sites is 1. The number of nitrogens with zero attached hydrogens (tertiary/aromatic N) is 2. The summed E-state index contributed by atoms with van der Waals surface area (Å²) in [6, 6.07) is 11.0. The third kappa shape index (κ3) is 6.45. The smallest absolute Gasteiger partial charge is 0.308 e. The molecule has 1 N–H and O–H groups in total. The Balaban J connectivity index is 1.66. The largest absolute Gasteiger partial charge is 0.496 e. The zero-order chi connectivity index (χ0) is 28.6. The average Bonchev–Trinajstić information content (AvgIpc) is 3.58. The Morgan fingerprint density at radius 1 is 1.07 bits per heavy atom. The number of aryl methyl sites for hydroxylation is 1. The molecule has 1 saturated heterocycles. The molecule has 2 heterocycles. The molecule has 0 unspecified atom stereocenters. The Morgan fingerprint density at radius 3 is 2.55 bits per heavy atom. The number of benzene rings is 2. The first-order valence-corrected chi connectivity index (χ1v) is 13.9. The lowest BCUT2D eigenvalue weighted by atomic mass is 9.83. The van der Waals surface area contributed by atoms with Crippen LogP contribution in [0.5, 0.6) is 23.0 Å². The molecule has 0 saturated carbocycles. The van der Waals surface area contributed by atoms with E-state index in [-0.39, 0.29) is 19.2 Å². The molecule has 0 bridgehead atoms. The van der Waals surface area contributed by atoms with E-state index in [1.165, 1.54) is 5.06 Å². The fourth-order valence-corrected chi connectivity index (χ4v) is 5.69. The first-order valence-electron chi connectivity index (χ1n) is 13.9. The number of ether oxygens (including phenoxy) is 4. The van der Waals surface area contributed by atoms with Crippen molar-refractivity contribution in [1.29, 1.82) is 0 Å². The number of hydrogen-bond donors (Lipinski definition) is 1. The van der Waals surface area contributed by atoms with E-state index >= 15 is 0 Å². The number of carboxylic acid groups (broad SMARTS) is 1. The van der Waals surface area contributed by atoms with Crippen LogP contribution in [0.1, 0.15) is 50.2 Å². The van der Waals surface area contributed by atoms with Gasteiger partial charge in [-0.05, 0) is 55.0 Å². The van der Waals surface area contributed by atoms with Gasteiger partial charge in [0, 0.05) is 25.0 Å². The number of carbonyl (C=O) groups excluding carboxylic acids is 1. The summed E-state index contributed by atoms with van der Waals surface area (Å²) in [5.74, 6) is 0.0570. The Labute approximate surface area is 235 Å². The number of hydroxylamine groups is 2. The molecule has 10 nitrogen and oxygen atoms in total. The predicted octanol–water partition coefficient (Wildman–Crippen LogP) is 4.11. The van der Waals surface area contributed by atoms with E-state index in [9.17, 15) is 14.7 Å². The van der Waals surface area contributed by atoms with E-state index in [1.54, 1.807) is 14.2 Å². The van der Waals surface area contributed by atoms with E-state index in [0.29, 0.717) is 49.8 Å². The van der Waals surface area contributed by atoms with Crippen molar-refractivity contribution in [1.82, 2.24) is 9.96 Å². The number of hydrogen-bond acceptors (Lipinski definition) is 8. The Hall–Kier alpha value is -3.50. The van der Waals surface area contributed by atoms with Crippen molar-refractivity contribution >= 4 is 11.9 Å². The van der Waals surface area contributed by atoms with Crippen molar-refractivity contribution in [2.45, 2.75) is 51.5 Å². The lowest BCUT2D eigenvalue weighted by Gasteiger charge is -2.29. The summed E-state index contributed by atoms with van der Waals surface area (Å²) in [5, 5.41) is 12.0. The molecule has 1 fully saturated rings. The maximum Gasteiger partial charge on any atom is 0.308 e. The summed E-state index contributed by atoms with van der Waals surface area (Å²) in [6.45, 7) is 5.42. The van der Waals surface area contributed by atoms with Crippen LogP contribution >= 0.6 is 0 Å². The molecule has 4 rings (SSSR count). The Kier molecular flexibility index (Phi) is 10.1. The van der Waals surface area contributed by atoms with Gasteiger partial charge in [-0.15, -0.1) is 0 Å². The van der Waals surface area contributed by atoms with Gasteiger partial charge in [0.05, 0.1) is 33.3 Å². The zero-order valence-electron chi connectivity index (χ0n) is 23.8. The molecule has 2 aliphatic heterocycles. The van der Waals surface area contributed by atoms with Gasteiger partial charge in [0.15, 0.2) is 11.5 Å². The normalized spacial score (nSPS) is 19.9. The van der Waals surface area contributed by atoms with Crippen molar-refractivity contribution < 1.29 is 38.5 Å². The molecular formula is C30H40N2O8. The van der Waals surface area contributed by atoms with Crippen LogP contribution in [0.2, 0.25) is 0 Å². The van der Waals surface area contributed by atoms with Gasteiger partial charge in [0.1, 0.15) is 5.75 Å². The highest BCUT2D eigenvalue weighted by molar-refractivity contribution is 5.78. The van der Waals surface area contributed by atoms with Gasteiger partial charge < -0.3 is 24.1 Å². The van der Waals surface area contributed by atoms with Gasteiger partial charge in [0.2, 0.25) is 12.5 Å². The summed E-state index contributed by atoms with van der Waals surface area (Å²) in [6.07, 6.45) is 2.68. The van der Waals surface area contributed by atoms with Gasteiger partial charge in [-0.1, -0.05) is 32.0 Å². The standard InChI is InChI=1S/C30H40N2O8/c1-5-13-32(40-14-6-2)27(33)18-31-17-22(21-15-25(37-4)29-26(16-21)38-19-39-29)28(30(34)35)23(31)12-11-20-9-7-8-10-24(20)36-3/h7-10,15-16,22-23,28H,5-6,11-14,17-19H2,1-4H3,(H,34,35)/t22-,23+,28-/m1/s1. The molecule has 0 radical (unpaired) electrons. The number of methoxy groups -OCH3 is 2. The number of aliphatic carboxylic acids is 1. The molecule has 2 aromatic rings. The lowest BCUT2D eigenvalue weighted by Crippen LogP contribution is -2.44. The molecular weight excluding hydrogens is 516 g/mol. The van der Waals surface area contributed by atoms with E-state index in [2.05, 4.69) is 0 Å². The van der Waals surface area contributed by atoms with Crippen LogP contribution in [0.3, 0.4) is 0 Å².